The summed E-state index contributed by atoms with van der Waals surface area (Å²) >= 11 is 0. The lowest BCUT2D eigenvalue weighted by Gasteiger charge is -2.35. The number of para-hydroxylation sites is 1. The minimum absolute atomic E-state index is 1.12. The Morgan fingerprint density at radius 1 is 0.195 bits per heavy atom. The molecule has 82 heavy (non-hydrogen) atoms. The minimum Gasteiger partial charge on any atom is -0.309 e. The fourth-order valence-corrected chi connectivity index (χ4v) is 23.4. The fourth-order valence-electron chi connectivity index (χ4n) is 13.7. The van der Waals surface area contributed by atoms with E-state index in [0.29, 0.717) is 0 Å². The molecule has 2 nitrogen and oxygen atoms in total. The maximum Gasteiger partial charge on any atom is 0.180 e. The van der Waals surface area contributed by atoms with Gasteiger partial charge in [-0.1, -0.05) is 285 Å². The predicted molar refractivity (Wildman–Crippen MR) is 353 cm³/mol. The summed E-state index contributed by atoms with van der Waals surface area (Å²) < 4.78 is 5.07. The van der Waals surface area contributed by atoms with Crippen LogP contribution in [0.25, 0.3) is 77.2 Å². The number of fused-ring (bicyclic) bond motifs is 6. The highest BCUT2D eigenvalue weighted by atomic mass is 28.3. The third-order valence-corrected chi connectivity index (χ3v) is 26.8. The van der Waals surface area contributed by atoms with Crippen molar-refractivity contribution >= 4 is 101 Å². The summed E-state index contributed by atoms with van der Waals surface area (Å²) in [6, 6.07) is 128. The Balaban J connectivity index is 1.04. The maximum absolute atomic E-state index is 3.09. The van der Waals surface area contributed by atoms with Gasteiger partial charge in [0.1, 0.15) is 0 Å². The van der Waals surface area contributed by atoms with Crippen molar-refractivity contribution in [3.63, 3.8) is 0 Å². The van der Waals surface area contributed by atoms with E-state index in [1.54, 1.807) is 0 Å². The number of benzene rings is 13. The van der Waals surface area contributed by atoms with Gasteiger partial charge in [-0.25, -0.2) is 0 Å². The maximum atomic E-state index is 2.58. The first kappa shape index (κ1) is 49.0. The van der Waals surface area contributed by atoms with E-state index in [1.165, 1.54) is 102 Å². The average Bonchev–Trinajstić information content (AvgIpc) is 2.48. The molecule has 2 heterocycles. The van der Waals surface area contributed by atoms with E-state index >= 15 is 0 Å². The minimum atomic E-state index is -3.09. The highest BCUT2D eigenvalue weighted by Gasteiger charge is 2.44. The van der Waals surface area contributed by atoms with E-state index in [0.717, 1.165) is 16.9 Å². The van der Waals surface area contributed by atoms with Gasteiger partial charge in [-0.3, -0.25) is 0 Å². The number of rotatable bonds is 12. The quantitative estimate of drug-likeness (QED) is 0.0852. The van der Waals surface area contributed by atoms with Crippen LogP contribution < -0.4 is 41.5 Å². The first-order valence-corrected chi connectivity index (χ1v) is 32.4. The molecule has 0 spiro atoms. The molecule has 15 aromatic rings. The molecule has 2 aromatic heterocycles. The predicted octanol–water partition coefficient (Wildman–Crippen LogP) is 14.0. The van der Waals surface area contributed by atoms with Crippen molar-refractivity contribution in [1.29, 1.82) is 0 Å². The van der Waals surface area contributed by atoms with Crippen LogP contribution in [0.5, 0.6) is 0 Å². The molecule has 0 aliphatic heterocycles. The zero-order valence-electron chi connectivity index (χ0n) is 45.2. The summed E-state index contributed by atoms with van der Waals surface area (Å²) in [4.78, 5) is 0. The molecule has 0 unspecified atom stereocenters. The molecule has 386 valence electrons. The van der Waals surface area contributed by atoms with Gasteiger partial charge in [0.2, 0.25) is 0 Å². The molecule has 13 aromatic carbocycles. The Morgan fingerprint density at radius 2 is 0.573 bits per heavy atom. The molecule has 0 saturated heterocycles. The Bertz CT molecular complexity index is 4620. The SMILES string of the molecule is c1ccc(-c2ccc([Si](c3ccccc3)(c3ccccc3)c3cccc(-n4c5ccc(-n6c7ccccc7c7cc(-c8ccccc8)ccc76)cc5c5c([Si](c6ccccc6)(c6ccccc6)c6ccccc6)cccc54)c3)cc2)cc1. The third kappa shape index (κ3) is 7.90. The van der Waals surface area contributed by atoms with Gasteiger partial charge >= 0.3 is 0 Å². The van der Waals surface area contributed by atoms with Crippen molar-refractivity contribution in [2.24, 2.45) is 0 Å². The fraction of sp³-hybridized carbons (Fsp3) is 0. The smallest absolute Gasteiger partial charge is 0.180 e. The Kier molecular flexibility index (Phi) is 12.3. The lowest BCUT2D eigenvalue weighted by molar-refractivity contribution is 1.17. The topological polar surface area (TPSA) is 9.86 Å². The number of nitrogens with zero attached hydrogens (tertiary/aromatic N) is 2. The summed E-state index contributed by atoms with van der Waals surface area (Å²) in [5.41, 5.74) is 11.8. The summed E-state index contributed by atoms with van der Waals surface area (Å²) in [6.45, 7) is 0. The molecule has 0 amide bonds. The van der Waals surface area contributed by atoms with Gasteiger partial charge < -0.3 is 9.13 Å². The summed E-state index contributed by atoms with van der Waals surface area (Å²) in [5.74, 6) is 0. The Hall–Kier alpha value is -10.1. The van der Waals surface area contributed by atoms with Gasteiger partial charge in [0.15, 0.2) is 16.1 Å². The molecular weight excluding hydrogens is 1020 g/mol. The molecule has 0 atom stereocenters. The summed E-state index contributed by atoms with van der Waals surface area (Å²) in [6.07, 6.45) is 0. The second-order valence-corrected chi connectivity index (χ2v) is 29.1. The average molecular weight is 1080 g/mol. The molecule has 0 bridgehead atoms. The van der Waals surface area contributed by atoms with Crippen LogP contribution in [-0.4, -0.2) is 25.3 Å². The number of hydrogen-bond acceptors (Lipinski definition) is 0. The second-order valence-electron chi connectivity index (χ2n) is 21.5. The van der Waals surface area contributed by atoms with Crippen molar-refractivity contribution in [2.75, 3.05) is 0 Å². The first-order valence-electron chi connectivity index (χ1n) is 28.4. The van der Waals surface area contributed by atoms with Crippen LogP contribution in [-0.2, 0) is 0 Å². The molecule has 15 rings (SSSR count). The number of hydrogen-bond donors (Lipinski definition) is 0. The van der Waals surface area contributed by atoms with E-state index in [1.807, 2.05) is 0 Å². The second kappa shape index (κ2) is 20.5. The lowest BCUT2D eigenvalue weighted by atomic mass is 10.0. The highest BCUT2D eigenvalue weighted by Crippen LogP contribution is 2.39. The molecule has 0 aliphatic carbocycles. The van der Waals surface area contributed by atoms with Crippen molar-refractivity contribution in [3.05, 3.63) is 340 Å². The largest absolute Gasteiger partial charge is 0.309 e. The Labute approximate surface area is 480 Å². The van der Waals surface area contributed by atoms with Crippen LogP contribution in [0.2, 0.25) is 0 Å². The van der Waals surface area contributed by atoms with Gasteiger partial charge in [0.05, 0.1) is 22.1 Å². The lowest BCUT2D eigenvalue weighted by Crippen LogP contribution is -2.74. The van der Waals surface area contributed by atoms with E-state index in [-0.39, 0.29) is 0 Å². The van der Waals surface area contributed by atoms with Crippen molar-refractivity contribution in [3.8, 4) is 33.6 Å². The van der Waals surface area contributed by atoms with Crippen LogP contribution in [0.15, 0.2) is 340 Å². The van der Waals surface area contributed by atoms with E-state index in [9.17, 15) is 0 Å². The zero-order chi connectivity index (χ0) is 54.5. The van der Waals surface area contributed by atoms with Crippen LogP contribution in [0.4, 0.5) is 0 Å². The summed E-state index contributed by atoms with van der Waals surface area (Å²) in [5, 5.41) is 15.7. The van der Waals surface area contributed by atoms with Crippen LogP contribution >= 0.6 is 0 Å². The number of aromatic nitrogens is 2. The molecule has 0 radical (unpaired) electrons. The van der Waals surface area contributed by atoms with Crippen molar-refractivity contribution < 1.29 is 0 Å². The third-order valence-electron chi connectivity index (χ3n) is 17.2. The van der Waals surface area contributed by atoms with Crippen LogP contribution in [0, 0.1) is 0 Å². The molecule has 0 fully saturated rings. The molecule has 0 N–H and O–H groups in total. The summed E-state index contributed by atoms with van der Waals surface area (Å²) in [7, 11) is -6.10. The van der Waals surface area contributed by atoms with Gasteiger partial charge in [-0.05, 0) is 118 Å². The van der Waals surface area contributed by atoms with Crippen LogP contribution in [0.3, 0.4) is 0 Å². The molecular formula is C78H56N2Si2. The van der Waals surface area contributed by atoms with Gasteiger partial charge in [-0.2, -0.15) is 0 Å². The first-order chi connectivity index (χ1) is 40.7. The van der Waals surface area contributed by atoms with E-state index < -0.39 is 16.1 Å². The van der Waals surface area contributed by atoms with Gasteiger partial charge in [0.25, 0.3) is 0 Å². The molecule has 4 heteroatoms. The van der Waals surface area contributed by atoms with Gasteiger partial charge in [-0.15, -0.1) is 0 Å². The highest BCUT2D eigenvalue weighted by molar-refractivity contribution is 7.21. The van der Waals surface area contributed by atoms with Crippen molar-refractivity contribution in [1.82, 2.24) is 9.13 Å². The monoisotopic (exact) mass is 1080 g/mol. The molecule has 0 aliphatic rings. The Morgan fingerprint density at radius 3 is 1.15 bits per heavy atom. The standard InChI is InChI=1S/C78H56N2Si2/c1-8-26-57(27-9-1)59-46-50-68(51-47-59)81(63-31-12-3-13-32-63,64-33-14-4-15-34-64)69-41-24-30-61(55-69)80-75-53-49-62(79-73-43-23-22-42-70(73)71-54-60(48-52-74(71)79)58-28-10-2-11-29-58)56-72(75)78-76(80)44-25-45-77(78)82(65-35-16-5-17-36-65,66-37-18-6-19-38-66)67-39-20-7-21-40-67/h1-56H. The zero-order valence-corrected chi connectivity index (χ0v) is 47.2. The normalized spacial score (nSPS) is 11.9. The van der Waals surface area contributed by atoms with E-state index in [4.69, 9.17) is 0 Å². The van der Waals surface area contributed by atoms with Gasteiger partial charge in [0, 0.05) is 32.9 Å². The van der Waals surface area contributed by atoms with Crippen molar-refractivity contribution in [2.45, 2.75) is 0 Å². The van der Waals surface area contributed by atoms with Crippen LogP contribution in [0.1, 0.15) is 0 Å². The van der Waals surface area contributed by atoms with E-state index in [2.05, 4.69) is 349 Å². The molecule has 0 saturated carbocycles.